The van der Waals surface area contributed by atoms with Gasteiger partial charge in [0.05, 0.1) is 5.56 Å². The van der Waals surface area contributed by atoms with E-state index in [1.54, 1.807) is 11.9 Å². The van der Waals surface area contributed by atoms with Crippen LogP contribution in [0, 0.1) is 5.41 Å². The van der Waals surface area contributed by atoms with E-state index in [2.05, 4.69) is 10.3 Å². The number of anilines is 2. The van der Waals surface area contributed by atoms with Crippen molar-refractivity contribution in [1.29, 1.82) is 0 Å². The zero-order chi connectivity index (χ0) is 16.4. The Labute approximate surface area is 124 Å². The van der Waals surface area contributed by atoms with Gasteiger partial charge < -0.3 is 10.2 Å². The fourth-order valence-electron chi connectivity index (χ4n) is 1.91. The summed E-state index contributed by atoms with van der Waals surface area (Å²) in [5, 5.41) is 2.86. The van der Waals surface area contributed by atoms with Crippen LogP contribution in [-0.2, 0) is 6.18 Å². The summed E-state index contributed by atoms with van der Waals surface area (Å²) in [6, 6.07) is 2.19. The number of nitrogens with zero attached hydrogens (tertiary/aromatic N) is 2. The van der Waals surface area contributed by atoms with Gasteiger partial charge in [0.1, 0.15) is 11.6 Å². The van der Waals surface area contributed by atoms with Gasteiger partial charge in [-0.1, -0.05) is 20.8 Å². The Morgan fingerprint density at radius 1 is 1.24 bits per heavy atom. The van der Waals surface area contributed by atoms with Crippen LogP contribution >= 0.6 is 0 Å². The molecule has 1 atom stereocenters. The highest BCUT2D eigenvalue weighted by atomic mass is 19.4. The van der Waals surface area contributed by atoms with E-state index in [0.29, 0.717) is 12.4 Å². The molecule has 0 bridgehead atoms. The molecule has 0 aromatic carbocycles. The Morgan fingerprint density at radius 2 is 1.81 bits per heavy atom. The lowest BCUT2D eigenvalue weighted by Crippen LogP contribution is -2.40. The van der Waals surface area contributed by atoms with Crippen molar-refractivity contribution in [3.63, 3.8) is 0 Å². The minimum absolute atomic E-state index is 0.0444. The lowest BCUT2D eigenvalue weighted by molar-refractivity contribution is -0.137. The lowest BCUT2D eigenvalue weighted by atomic mass is 9.87. The molecule has 0 saturated heterocycles. The van der Waals surface area contributed by atoms with Crippen molar-refractivity contribution < 1.29 is 13.2 Å². The van der Waals surface area contributed by atoms with E-state index in [-0.39, 0.29) is 17.3 Å². The van der Waals surface area contributed by atoms with Crippen molar-refractivity contribution in [3.8, 4) is 0 Å². The molecule has 0 spiro atoms. The molecule has 1 aromatic rings. The number of pyridine rings is 1. The van der Waals surface area contributed by atoms with Gasteiger partial charge in [-0.15, -0.1) is 0 Å². The maximum atomic E-state index is 13.0. The second kappa shape index (κ2) is 6.12. The van der Waals surface area contributed by atoms with Gasteiger partial charge in [-0.25, -0.2) is 4.98 Å². The average molecular weight is 303 g/mol. The molecule has 1 unspecified atom stereocenters. The van der Waals surface area contributed by atoms with E-state index in [1.807, 2.05) is 34.6 Å². The summed E-state index contributed by atoms with van der Waals surface area (Å²) < 4.78 is 39.0. The molecule has 0 aliphatic rings. The van der Waals surface area contributed by atoms with Gasteiger partial charge >= 0.3 is 6.18 Å². The first-order valence-corrected chi connectivity index (χ1v) is 7.02. The Balaban J connectivity index is 3.25. The summed E-state index contributed by atoms with van der Waals surface area (Å²) in [6.45, 7) is 10.5. The number of rotatable bonds is 4. The van der Waals surface area contributed by atoms with Gasteiger partial charge in [-0.05, 0) is 31.4 Å². The summed E-state index contributed by atoms with van der Waals surface area (Å²) in [4.78, 5) is 6.07. The largest absolute Gasteiger partial charge is 0.416 e. The molecule has 1 heterocycles. The molecule has 1 N–H and O–H groups in total. The molecule has 6 heteroatoms. The van der Waals surface area contributed by atoms with Gasteiger partial charge in [0, 0.05) is 19.6 Å². The van der Waals surface area contributed by atoms with Crippen molar-refractivity contribution in [2.75, 3.05) is 23.8 Å². The smallest absolute Gasteiger partial charge is 0.370 e. The van der Waals surface area contributed by atoms with Crippen LogP contribution in [0.2, 0.25) is 0 Å². The quantitative estimate of drug-likeness (QED) is 0.893. The molecule has 0 aliphatic heterocycles. The van der Waals surface area contributed by atoms with Crippen molar-refractivity contribution >= 4 is 11.6 Å². The molecular formula is C15H24F3N3. The van der Waals surface area contributed by atoms with E-state index < -0.39 is 11.7 Å². The topological polar surface area (TPSA) is 28.2 Å². The first-order chi connectivity index (χ1) is 9.46. The molecule has 0 aliphatic carbocycles. The van der Waals surface area contributed by atoms with Crippen LogP contribution in [0.1, 0.15) is 40.2 Å². The molecule has 120 valence electrons. The van der Waals surface area contributed by atoms with E-state index >= 15 is 0 Å². The number of hydrogen-bond acceptors (Lipinski definition) is 3. The van der Waals surface area contributed by atoms with Crippen LogP contribution < -0.4 is 10.2 Å². The average Bonchev–Trinajstić information content (AvgIpc) is 2.35. The number of hydrogen-bond donors (Lipinski definition) is 1. The van der Waals surface area contributed by atoms with E-state index in [1.165, 1.54) is 0 Å². The first-order valence-electron chi connectivity index (χ1n) is 7.02. The molecule has 1 aromatic heterocycles. The van der Waals surface area contributed by atoms with Crippen LogP contribution in [0.4, 0.5) is 24.8 Å². The van der Waals surface area contributed by atoms with Crippen molar-refractivity contribution in [3.05, 3.63) is 17.7 Å². The third kappa shape index (κ3) is 4.51. The zero-order valence-corrected chi connectivity index (χ0v) is 13.5. The SMILES string of the molecule is CCNc1cc(C(F)(F)F)cc(N(C)C(C)C(C)(C)C)n1. The summed E-state index contributed by atoms with van der Waals surface area (Å²) in [5.41, 5.74) is -0.750. The fraction of sp³-hybridized carbons (Fsp3) is 0.667. The molecular weight excluding hydrogens is 279 g/mol. The normalized spacial score (nSPS) is 14.0. The van der Waals surface area contributed by atoms with Crippen LogP contribution in [0.25, 0.3) is 0 Å². The predicted octanol–water partition coefficient (Wildman–Crippen LogP) is 4.40. The number of halogens is 3. The highest BCUT2D eigenvalue weighted by molar-refractivity contribution is 5.51. The lowest BCUT2D eigenvalue weighted by Gasteiger charge is -2.36. The van der Waals surface area contributed by atoms with Crippen LogP contribution in [0.5, 0.6) is 0 Å². The van der Waals surface area contributed by atoms with Crippen LogP contribution in [0.3, 0.4) is 0 Å². The standard InChI is InChI=1S/C15H24F3N3/c1-7-19-12-8-11(15(16,17)18)9-13(20-12)21(6)10(2)14(3,4)5/h8-10H,7H2,1-6H3,(H,19,20). The van der Waals surface area contributed by atoms with Gasteiger partial charge in [0.25, 0.3) is 0 Å². The minimum atomic E-state index is -4.38. The summed E-state index contributed by atoms with van der Waals surface area (Å²) >= 11 is 0. The Hall–Kier alpha value is -1.46. The molecule has 1 rings (SSSR count). The maximum Gasteiger partial charge on any atom is 0.416 e. The molecule has 0 saturated carbocycles. The van der Waals surface area contributed by atoms with Crippen LogP contribution in [-0.4, -0.2) is 24.6 Å². The van der Waals surface area contributed by atoms with E-state index in [4.69, 9.17) is 0 Å². The monoisotopic (exact) mass is 303 g/mol. The van der Waals surface area contributed by atoms with Gasteiger partial charge in [-0.2, -0.15) is 13.2 Å². The van der Waals surface area contributed by atoms with E-state index in [9.17, 15) is 13.2 Å². The van der Waals surface area contributed by atoms with Crippen LogP contribution in [0.15, 0.2) is 12.1 Å². The Bertz CT molecular complexity index is 478. The first kappa shape index (κ1) is 17.6. The maximum absolute atomic E-state index is 13.0. The third-order valence-electron chi connectivity index (χ3n) is 3.69. The number of aromatic nitrogens is 1. The van der Waals surface area contributed by atoms with Gasteiger partial charge in [-0.3, -0.25) is 0 Å². The summed E-state index contributed by atoms with van der Waals surface area (Å²) in [5.74, 6) is 0.568. The predicted molar refractivity (Wildman–Crippen MR) is 80.7 cm³/mol. The number of alkyl halides is 3. The zero-order valence-electron chi connectivity index (χ0n) is 13.5. The Morgan fingerprint density at radius 3 is 2.24 bits per heavy atom. The van der Waals surface area contributed by atoms with Crippen molar-refractivity contribution in [2.45, 2.75) is 46.8 Å². The molecule has 0 fully saturated rings. The minimum Gasteiger partial charge on any atom is -0.370 e. The second-order valence-electron chi connectivity index (χ2n) is 6.28. The van der Waals surface area contributed by atoms with E-state index in [0.717, 1.165) is 12.1 Å². The highest BCUT2D eigenvalue weighted by Gasteiger charge is 2.33. The molecule has 3 nitrogen and oxygen atoms in total. The summed E-state index contributed by atoms with van der Waals surface area (Å²) in [7, 11) is 1.77. The third-order valence-corrected chi connectivity index (χ3v) is 3.69. The fourth-order valence-corrected chi connectivity index (χ4v) is 1.91. The highest BCUT2D eigenvalue weighted by Crippen LogP contribution is 2.34. The van der Waals surface area contributed by atoms with Crippen molar-refractivity contribution in [1.82, 2.24) is 4.98 Å². The molecule has 0 amide bonds. The number of nitrogens with one attached hydrogen (secondary N) is 1. The molecule has 0 radical (unpaired) electrons. The Kier molecular flexibility index (Phi) is 5.12. The van der Waals surface area contributed by atoms with Crippen molar-refractivity contribution in [2.24, 2.45) is 5.41 Å². The summed E-state index contributed by atoms with van der Waals surface area (Å²) in [6.07, 6.45) is -4.38. The van der Waals surface area contributed by atoms with Gasteiger partial charge in [0.2, 0.25) is 0 Å². The molecule has 21 heavy (non-hydrogen) atoms. The van der Waals surface area contributed by atoms with Gasteiger partial charge in [0.15, 0.2) is 0 Å². The second-order valence-corrected chi connectivity index (χ2v) is 6.28.